The molecule has 0 heterocycles. The molecule has 2 nitrogen and oxygen atoms in total. The third-order valence-electron chi connectivity index (χ3n) is 2.07. The highest BCUT2D eigenvalue weighted by Gasteiger charge is 2.26. The molecule has 1 amide bonds. The number of carbonyl (C=O) groups is 1. The van der Waals surface area contributed by atoms with Crippen LogP contribution in [-0.4, -0.2) is 19.1 Å². The normalized spacial score (nSPS) is 15.8. The molecule has 0 rings (SSSR count). The molecule has 0 saturated heterocycles. The summed E-state index contributed by atoms with van der Waals surface area (Å²) in [6, 6.07) is 0. The minimum Gasteiger partial charge on any atom is -0.358 e. The third kappa shape index (κ3) is 7.09. The molecule has 0 aliphatic heterocycles. The van der Waals surface area contributed by atoms with Gasteiger partial charge < -0.3 is 5.32 Å². The van der Waals surface area contributed by atoms with E-state index < -0.39 is 18.0 Å². The second-order valence-corrected chi connectivity index (χ2v) is 3.87. The van der Waals surface area contributed by atoms with Crippen molar-refractivity contribution in [1.29, 1.82) is 0 Å². The van der Waals surface area contributed by atoms with Gasteiger partial charge in [0.25, 0.3) is 0 Å². The molecule has 0 aliphatic rings. The number of carbonyl (C=O) groups excluding carboxylic acids is 1. The van der Waals surface area contributed by atoms with Crippen LogP contribution >= 0.6 is 0 Å². The van der Waals surface area contributed by atoms with Gasteiger partial charge in [-0.2, -0.15) is 13.2 Å². The maximum Gasteiger partial charge on any atom is 0.392 e. The second-order valence-electron chi connectivity index (χ2n) is 3.87. The molecule has 0 radical (unpaired) electrons. The van der Waals surface area contributed by atoms with Crippen molar-refractivity contribution >= 4 is 6.41 Å². The van der Waals surface area contributed by atoms with Gasteiger partial charge in [-0.1, -0.05) is 25.2 Å². The Labute approximate surface area is 93.2 Å². The Hall–Kier alpha value is -1.26. The zero-order valence-electron chi connectivity index (χ0n) is 9.18. The van der Waals surface area contributed by atoms with Crippen molar-refractivity contribution in [2.24, 2.45) is 5.41 Å². The third-order valence-corrected chi connectivity index (χ3v) is 2.07. The summed E-state index contributed by atoms with van der Waals surface area (Å²) in [5, 5.41) is 2.46. The Bertz CT molecular complexity index is 260. The van der Waals surface area contributed by atoms with Crippen LogP contribution in [0, 0.1) is 5.41 Å². The van der Waals surface area contributed by atoms with Gasteiger partial charge in [-0.05, 0) is 6.42 Å². The van der Waals surface area contributed by atoms with Crippen LogP contribution in [0.2, 0.25) is 0 Å². The van der Waals surface area contributed by atoms with Gasteiger partial charge in [0.15, 0.2) is 0 Å². The fourth-order valence-corrected chi connectivity index (χ4v) is 1.28. The van der Waals surface area contributed by atoms with Crippen LogP contribution in [0.5, 0.6) is 0 Å². The summed E-state index contributed by atoms with van der Waals surface area (Å²) in [6.45, 7) is 5.59. The lowest BCUT2D eigenvalue weighted by atomic mass is 9.86. The first-order valence-corrected chi connectivity index (χ1v) is 4.85. The molecular weight excluding hydrogens is 219 g/mol. The summed E-state index contributed by atoms with van der Waals surface area (Å²) in [5.41, 5.74) is -0.520. The lowest BCUT2D eigenvalue weighted by molar-refractivity contribution is -0.125. The van der Waals surface area contributed by atoms with E-state index in [-0.39, 0.29) is 6.54 Å². The topological polar surface area (TPSA) is 29.1 Å². The molecule has 0 aromatic carbocycles. The van der Waals surface area contributed by atoms with Gasteiger partial charge in [-0.15, -0.1) is 6.58 Å². The maximum atomic E-state index is 11.9. The average molecular weight is 235 g/mol. The second kappa shape index (κ2) is 6.35. The highest BCUT2D eigenvalue weighted by Crippen LogP contribution is 2.25. The van der Waals surface area contributed by atoms with Crippen molar-refractivity contribution in [2.75, 3.05) is 6.54 Å². The maximum absolute atomic E-state index is 11.9. The Kier molecular flexibility index (Phi) is 5.85. The first kappa shape index (κ1) is 14.7. The van der Waals surface area contributed by atoms with Crippen molar-refractivity contribution in [2.45, 2.75) is 25.9 Å². The SMILES string of the molecule is C=CC[C@@](C)(/C=C\CC(F)(F)F)CNC=O. The first-order chi connectivity index (χ1) is 7.33. The van der Waals surface area contributed by atoms with E-state index in [1.807, 2.05) is 0 Å². The molecule has 0 fully saturated rings. The van der Waals surface area contributed by atoms with Crippen LogP contribution < -0.4 is 5.32 Å². The van der Waals surface area contributed by atoms with E-state index in [2.05, 4.69) is 11.9 Å². The smallest absolute Gasteiger partial charge is 0.358 e. The van der Waals surface area contributed by atoms with Crippen LogP contribution in [0.3, 0.4) is 0 Å². The molecular formula is C11H16F3NO. The summed E-state index contributed by atoms with van der Waals surface area (Å²) in [5.74, 6) is 0. The molecule has 16 heavy (non-hydrogen) atoms. The minimum absolute atomic E-state index is 0.289. The molecule has 1 atom stereocenters. The van der Waals surface area contributed by atoms with Gasteiger partial charge in [0.2, 0.25) is 6.41 Å². The monoisotopic (exact) mass is 235 g/mol. The number of rotatable bonds is 7. The standard InChI is InChI=1S/C11H16F3NO/c1-3-5-10(2,8-15-9-16)6-4-7-11(12,13)14/h3-4,6,9H,1,5,7-8H2,2H3,(H,15,16)/b6-4-/t10-/m0/s1. The van der Waals surface area contributed by atoms with E-state index >= 15 is 0 Å². The van der Waals surface area contributed by atoms with Gasteiger partial charge in [-0.3, -0.25) is 4.79 Å². The highest BCUT2D eigenvalue weighted by molar-refractivity contribution is 5.46. The number of alkyl halides is 3. The van der Waals surface area contributed by atoms with Gasteiger partial charge in [0.1, 0.15) is 0 Å². The van der Waals surface area contributed by atoms with E-state index in [4.69, 9.17) is 0 Å². The lowest BCUT2D eigenvalue weighted by Crippen LogP contribution is -2.29. The number of amides is 1. The molecule has 0 unspecified atom stereocenters. The van der Waals surface area contributed by atoms with Crippen molar-refractivity contribution in [3.8, 4) is 0 Å². The zero-order chi connectivity index (χ0) is 12.7. The molecule has 1 N–H and O–H groups in total. The van der Waals surface area contributed by atoms with Crippen molar-refractivity contribution in [1.82, 2.24) is 5.32 Å². The molecule has 0 spiro atoms. The summed E-state index contributed by atoms with van der Waals surface area (Å²) in [6.07, 6.45) is 0.0463. The van der Waals surface area contributed by atoms with E-state index in [0.29, 0.717) is 12.8 Å². The average Bonchev–Trinajstić information content (AvgIpc) is 2.13. The van der Waals surface area contributed by atoms with Gasteiger partial charge in [0, 0.05) is 12.0 Å². The van der Waals surface area contributed by atoms with Crippen LogP contribution in [0.1, 0.15) is 19.8 Å². The number of hydrogen-bond acceptors (Lipinski definition) is 1. The number of hydrogen-bond donors (Lipinski definition) is 1. The van der Waals surface area contributed by atoms with E-state index in [9.17, 15) is 18.0 Å². The summed E-state index contributed by atoms with van der Waals surface area (Å²) in [4.78, 5) is 10.1. The number of nitrogens with one attached hydrogen (secondary N) is 1. The number of allylic oxidation sites excluding steroid dienone is 2. The Balaban J connectivity index is 4.41. The van der Waals surface area contributed by atoms with Crippen molar-refractivity contribution in [3.63, 3.8) is 0 Å². The Morgan fingerprint density at radius 1 is 1.31 bits per heavy atom. The highest BCUT2D eigenvalue weighted by atomic mass is 19.4. The van der Waals surface area contributed by atoms with Crippen LogP contribution in [0.15, 0.2) is 24.8 Å². The minimum atomic E-state index is -4.19. The fraction of sp³-hybridized carbons (Fsp3) is 0.545. The largest absolute Gasteiger partial charge is 0.392 e. The van der Waals surface area contributed by atoms with E-state index in [0.717, 1.165) is 6.08 Å². The summed E-state index contributed by atoms with van der Waals surface area (Å²) < 4.78 is 35.8. The molecule has 92 valence electrons. The fourth-order valence-electron chi connectivity index (χ4n) is 1.28. The predicted octanol–water partition coefficient (Wildman–Crippen LogP) is 2.82. The Morgan fingerprint density at radius 3 is 2.38 bits per heavy atom. The molecule has 0 bridgehead atoms. The summed E-state index contributed by atoms with van der Waals surface area (Å²) >= 11 is 0. The molecule has 0 aromatic rings. The summed E-state index contributed by atoms with van der Waals surface area (Å²) in [7, 11) is 0. The quantitative estimate of drug-likeness (QED) is 0.533. The van der Waals surface area contributed by atoms with Crippen molar-refractivity contribution < 1.29 is 18.0 Å². The first-order valence-electron chi connectivity index (χ1n) is 4.85. The molecule has 0 aromatic heterocycles. The zero-order valence-corrected chi connectivity index (χ0v) is 9.18. The predicted molar refractivity (Wildman–Crippen MR) is 56.8 cm³/mol. The lowest BCUT2D eigenvalue weighted by Gasteiger charge is -2.24. The number of halogens is 3. The van der Waals surface area contributed by atoms with Gasteiger partial charge >= 0.3 is 6.18 Å². The molecule has 0 aliphatic carbocycles. The molecule has 0 saturated carbocycles. The van der Waals surface area contributed by atoms with E-state index in [1.54, 1.807) is 13.0 Å². The van der Waals surface area contributed by atoms with Gasteiger partial charge in [0.05, 0.1) is 6.42 Å². The molecule has 5 heteroatoms. The van der Waals surface area contributed by atoms with Crippen molar-refractivity contribution in [3.05, 3.63) is 24.8 Å². The Morgan fingerprint density at radius 2 is 1.94 bits per heavy atom. The van der Waals surface area contributed by atoms with Gasteiger partial charge in [-0.25, -0.2) is 0 Å². The van der Waals surface area contributed by atoms with Crippen LogP contribution in [0.25, 0.3) is 0 Å². The van der Waals surface area contributed by atoms with Crippen LogP contribution in [0.4, 0.5) is 13.2 Å². The van der Waals surface area contributed by atoms with E-state index in [1.165, 1.54) is 6.08 Å². The van der Waals surface area contributed by atoms with Crippen LogP contribution in [-0.2, 0) is 4.79 Å².